The third kappa shape index (κ3) is 5.98. The first-order valence-electron chi connectivity index (χ1n) is 14.0. The van der Waals surface area contributed by atoms with Crippen molar-refractivity contribution in [3.8, 4) is 28.3 Å². The van der Waals surface area contributed by atoms with Gasteiger partial charge in [0.1, 0.15) is 0 Å². The molecular weight excluding hydrogens is 566 g/mol. The lowest BCUT2D eigenvalue weighted by Gasteiger charge is -2.16. The van der Waals surface area contributed by atoms with Gasteiger partial charge in [0, 0.05) is 26.9 Å². The van der Waals surface area contributed by atoms with E-state index in [1.165, 1.54) is 12.1 Å². The Bertz CT molecular complexity index is 2030. The van der Waals surface area contributed by atoms with E-state index in [1.807, 2.05) is 61.7 Å². The summed E-state index contributed by atoms with van der Waals surface area (Å²) in [6.45, 7) is 1.87. The molecule has 1 amide bonds. The zero-order valence-electron chi connectivity index (χ0n) is 23.7. The number of aromatic carboxylic acids is 1. The minimum Gasteiger partial charge on any atom is -0.478 e. The Morgan fingerprint density at radius 2 is 1.52 bits per heavy atom. The Morgan fingerprint density at radius 1 is 0.818 bits per heavy atom. The molecule has 6 aromatic rings. The second-order valence-electron chi connectivity index (χ2n) is 10.4. The first kappa shape index (κ1) is 28.5. The van der Waals surface area contributed by atoms with Crippen LogP contribution in [-0.2, 0) is 0 Å². The summed E-state index contributed by atoms with van der Waals surface area (Å²) in [4.78, 5) is 30.5. The van der Waals surface area contributed by atoms with E-state index in [2.05, 4.69) is 52.8 Å². The third-order valence-corrected chi connectivity index (χ3v) is 8.56. The molecule has 44 heavy (non-hydrogen) atoms. The molecule has 5 aromatic carbocycles. The molecule has 0 aliphatic rings. The van der Waals surface area contributed by atoms with E-state index in [9.17, 15) is 20.0 Å². The lowest BCUT2D eigenvalue weighted by atomic mass is 9.98. The summed E-state index contributed by atoms with van der Waals surface area (Å²) in [5.74, 6) is -1.26. The highest BCUT2D eigenvalue weighted by Gasteiger charge is 2.20. The minimum atomic E-state index is -1.000. The number of aromatic amines is 1. The van der Waals surface area contributed by atoms with E-state index in [-0.39, 0.29) is 17.5 Å². The number of carboxylic acid groups (broad SMARTS) is 1. The number of hydrogen-bond donors (Lipinski definition) is 3. The number of benzene rings is 5. The van der Waals surface area contributed by atoms with E-state index >= 15 is 0 Å². The SMILES string of the molecule is C[C@H](NC(=O)c1cc(-c2cccc(C#N)c2)cc2[nH]cc(Sc3ccc(-c4ccccc4)cc3)c12)c1ccc(C(=O)O)cc1. The molecule has 0 aliphatic carbocycles. The second-order valence-corrected chi connectivity index (χ2v) is 11.5. The van der Waals surface area contributed by atoms with Gasteiger partial charge in [0.2, 0.25) is 0 Å². The zero-order chi connectivity index (χ0) is 30.6. The molecule has 3 N–H and O–H groups in total. The Morgan fingerprint density at radius 3 is 2.23 bits per heavy atom. The van der Waals surface area contributed by atoms with Crippen LogP contribution in [0.25, 0.3) is 33.2 Å². The van der Waals surface area contributed by atoms with Crippen LogP contribution in [0.1, 0.15) is 44.8 Å². The van der Waals surface area contributed by atoms with Crippen LogP contribution in [0.15, 0.2) is 131 Å². The smallest absolute Gasteiger partial charge is 0.335 e. The normalized spacial score (nSPS) is 11.5. The molecule has 0 saturated heterocycles. The number of amides is 1. The van der Waals surface area contributed by atoms with Crippen LogP contribution in [0.3, 0.4) is 0 Å². The number of fused-ring (bicyclic) bond motifs is 1. The Hall–Kier alpha value is -5.58. The number of nitrogens with zero attached hydrogens (tertiary/aromatic N) is 1. The molecule has 0 unspecified atom stereocenters. The average Bonchev–Trinajstić information content (AvgIpc) is 3.47. The van der Waals surface area contributed by atoms with Gasteiger partial charge in [-0.3, -0.25) is 4.79 Å². The van der Waals surface area contributed by atoms with Crippen molar-refractivity contribution in [2.45, 2.75) is 22.8 Å². The van der Waals surface area contributed by atoms with Crippen LogP contribution >= 0.6 is 11.8 Å². The number of nitriles is 1. The van der Waals surface area contributed by atoms with E-state index in [1.54, 1.807) is 30.0 Å². The molecule has 0 fully saturated rings. The van der Waals surface area contributed by atoms with E-state index in [0.717, 1.165) is 48.5 Å². The molecule has 0 radical (unpaired) electrons. The Labute approximate surface area is 259 Å². The first-order chi connectivity index (χ1) is 21.4. The molecule has 0 aliphatic heterocycles. The maximum atomic E-state index is 13.9. The highest BCUT2D eigenvalue weighted by atomic mass is 32.2. The summed E-state index contributed by atoms with van der Waals surface area (Å²) in [7, 11) is 0. The number of H-pyrrole nitrogens is 1. The summed E-state index contributed by atoms with van der Waals surface area (Å²) in [6.07, 6.45) is 1.92. The number of rotatable bonds is 8. The molecule has 6 nitrogen and oxygen atoms in total. The summed E-state index contributed by atoms with van der Waals surface area (Å²) in [5.41, 5.74) is 6.73. The fraction of sp³-hybridized carbons (Fsp3) is 0.0541. The van der Waals surface area contributed by atoms with Gasteiger partial charge in [0.05, 0.1) is 28.8 Å². The van der Waals surface area contributed by atoms with Gasteiger partial charge in [-0.1, -0.05) is 78.5 Å². The minimum absolute atomic E-state index is 0.187. The number of nitrogens with one attached hydrogen (secondary N) is 2. The van der Waals surface area contributed by atoms with Crippen LogP contribution in [0.5, 0.6) is 0 Å². The van der Waals surface area contributed by atoms with E-state index in [4.69, 9.17) is 0 Å². The van der Waals surface area contributed by atoms with Crippen LogP contribution in [-0.4, -0.2) is 22.0 Å². The van der Waals surface area contributed by atoms with Crippen LogP contribution < -0.4 is 5.32 Å². The molecule has 214 valence electrons. The second kappa shape index (κ2) is 12.3. The number of carboxylic acids is 1. The molecule has 6 rings (SSSR count). The predicted molar refractivity (Wildman–Crippen MR) is 174 cm³/mol. The molecular formula is C37H27N3O3S. The maximum absolute atomic E-state index is 13.9. The van der Waals surface area contributed by atoms with Crippen LogP contribution in [0, 0.1) is 11.3 Å². The number of aromatic nitrogens is 1. The maximum Gasteiger partial charge on any atom is 0.335 e. The molecule has 7 heteroatoms. The molecule has 0 saturated carbocycles. The van der Waals surface area contributed by atoms with Crippen molar-refractivity contribution in [3.05, 3.63) is 144 Å². The molecule has 1 heterocycles. The Kier molecular flexibility index (Phi) is 8.00. The molecule has 1 aromatic heterocycles. The van der Waals surface area contributed by atoms with Crippen molar-refractivity contribution < 1.29 is 14.7 Å². The van der Waals surface area contributed by atoms with Gasteiger partial charge in [-0.2, -0.15) is 5.26 Å². The predicted octanol–water partition coefficient (Wildman–Crippen LogP) is 8.71. The monoisotopic (exact) mass is 593 g/mol. The van der Waals surface area contributed by atoms with Gasteiger partial charge in [-0.05, 0) is 83.3 Å². The van der Waals surface area contributed by atoms with Crippen molar-refractivity contribution in [2.24, 2.45) is 0 Å². The summed E-state index contributed by atoms with van der Waals surface area (Å²) in [6, 6.07) is 38.0. The summed E-state index contributed by atoms with van der Waals surface area (Å²) >= 11 is 1.58. The fourth-order valence-electron chi connectivity index (χ4n) is 5.18. The summed E-state index contributed by atoms with van der Waals surface area (Å²) < 4.78 is 0. The quantitative estimate of drug-likeness (QED) is 0.164. The number of carbonyl (C=O) groups excluding carboxylic acids is 1. The fourth-order valence-corrected chi connectivity index (χ4v) is 6.14. The van der Waals surface area contributed by atoms with Gasteiger partial charge < -0.3 is 15.4 Å². The van der Waals surface area contributed by atoms with Gasteiger partial charge >= 0.3 is 5.97 Å². The lowest BCUT2D eigenvalue weighted by molar-refractivity contribution is 0.0696. The van der Waals surface area contributed by atoms with E-state index in [0.29, 0.717) is 11.1 Å². The first-order valence-corrected chi connectivity index (χ1v) is 14.8. The van der Waals surface area contributed by atoms with Gasteiger partial charge in [0.15, 0.2) is 0 Å². The highest BCUT2D eigenvalue weighted by molar-refractivity contribution is 7.99. The van der Waals surface area contributed by atoms with Crippen LogP contribution in [0.2, 0.25) is 0 Å². The third-order valence-electron chi connectivity index (χ3n) is 7.51. The molecule has 0 spiro atoms. The molecule has 1 atom stereocenters. The van der Waals surface area contributed by atoms with Crippen molar-refractivity contribution in [1.29, 1.82) is 5.26 Å². The molecule has 0 bridgehead atoms. The van der Waals surface area contributed by atoms with Gasteiger partial charge in [-0.15, -0.1) is 0 Å². The zero-order valence-corrected chi connectivity index (χ0v) is 24.6. The van der Waals surface area contributed by atoms with Gasteiger partial charge in [0.25, 0.3) is 5.91 Å². The number of hydrogen-bond acceptors (Lipinski definition) is 4. The summed E-state index contributed by atoms with van der Waals surface area (Å²) in [5, 5.41) is 22.6. The van der Waals surface area contributed by atoms with Crippen LogP contribution in [0.4, 0.5) is 0 Å². The lowest BCUT2D eigenvalue weighted by Crippen LogP contribution is -2.27. The van der Waals surface area contributed by atoms with Crippen molar-refractivity contribution in [1.82, 2.24) is 10.3 Å². The topological polar surface area (TPSA) is 106 Å². The van der Waals surface area contributed by atoms with Crippen molar-refractivity contribution >= 4 is 34.5 Å². The average molecular weight is 594 g/mol. The standard InChI is InChI=1S/C37H27N3O3S/c1-23(25-10-12-28(13-11-25)37(42)43)40-36(41)32-19-30(29-9-5-6-24(18-29)21-38)20-33-35(32)34(22-39-33)44-31-16-14-27(15-17-31)26-7-3-2-4-8-26/h2-20,22-23,39H,1H3,(H,40,41)(H,42,43)/t23-/m0/s1. The number of carbonyl (C=O) groups is 2. The van der Waals surface area contributed by atoms with Gasteiger partial charge in [-0.25, -0.2) is 4.79 Å². The van der Waals surface area contributed by atoms with Crippen molar-refractivity contribution in [3.63, 3.8) is 0 Å². The van der Waals surface area contributed by atoms with E-state index < -0.39 is 5.97 Å². The largest absolute Gasteiger partial charge is 0.478 e. The highest BCUT2D eigenvalue weighted by Crippen LogP contribution is 2.38. The van der Waals surface area contributed by atoms with Crippen molar-refractivity contribution in [2.75, 3.05) is 0 Å². The Balaban J connectivity index is 1.37.